The van der Waals surface area contributed by atoms with Crippen LogP contribution in [0.2, 0.25) is 0 Å². The van der Waals surface area contributed by atoms with E-state index in [4.69, 9.17) is 0 Å². The van der Waals surface area contributed by atoms with Crippen molar-refractivity contribution in [1.29, 1.82) is 0 Å². The standard InChI is InChI=1S/C18H16F3NOS/c19-18(20,21)15-5-3-13(4-6-15)14-9-10-22(12-14)17(23)8-7-16-2-1-11-24-16/h1-8,11,14H,9-10,12H2/b8-7+. The van der Waals surface area contributed by atoms with Crippen LogP contribution in [0, 0.1) is 0 Å². The molecule has 1 aliphatic rings. The predicted octanol–water partition coefficient (Wildman–Crippen LogP) is 4.80. The summed E-state index contributed by atoms with van der Waals surface area (Å²) in [5, 5.41) is 1.95. The van der Waals surface area contributed by atoms with Gasteiger partial charge in [0.25, 0.3) is 0 Å². The molecule has 0 N–H and O–H groups in total. The Morgan fingerprint density at radius 1 is 1.21 bits per heavy atom. The van der Waals surface area contributed by atoms with Crippen molar-refractivity contribution in [3.8, 4) is 0 Å². The number of alkyl halides is 3. The number of hydrogen-bond donors (Lipinski definition) is 0. The maximum absolute atomic E-state index is 12.6. The summed E-state index contributed by atoms with van der Waals surface area (Å²) in [6.07, 6.45) is -0.202. The van der Waals surface area contributed by atoms with Gasteiger partial charge in [0.2, 0.25) is 5.91 Å². The van der Waals surface area contributed by atoms with Crippen molar-refractivity contribution in [3.05, 3.63) is 63.9 Å². The van der Waals surface area contributed by atoms with Gasteiger partial charge in [-0.2, -0.15) is 13.2 Å². The summed E-state index contributed by atoms with van der Waals surface area (Å²) in [7, 11) is 0. The Morgan fingerprint density at radius 2 is 1.96 bits per heavy atom. The van der Waals surface area contributed by atoms with E-state index < -0.39 is 11.7 Å². The smallest absolute Gasteiger partial charge is 0.339 e. The van der Waals surface area contributed by atoms with Crippen LogP contribution < -0.4 is 0 Å². The largest absolute Gasteiger partial charge is 0.416 e. The van der Waals surface area contributed by atoms with Gasteiger partial charge in [-0.25, -0.2) is 0 Å². The van der Waals surface area contributed by atoms with E-state index in [9.17, 15) is 18.0 Å². The lowest BCUT2D eigenvalue weighted by atomic mass is 9.97. The zero-order valence-corrected chi connectivity index (χ0v) is 13.6. The van der Waals surface area contributed by atoms with Crippen LogP contribution in [0.3, 0.4) is 0 Å². The van der Waals surface area contributed by atoms with E-state index in [-0.39, 0.29) is 11.8 Å². The molecule has 1 aliphatic heterocycles. The number of hydrogen-bond acceptors (Lipinski definition) is 2. The van der Waals surface area contributed by atoms with Gasteiger partial charge in [-0.1, -0.05) is 18.2 Å². The zero-order valence-electron chi connectivity index (χ0n) is 12.8. The third-order valence-electron chi connectivity index (χ3n) is 4.14. The van der Waals surface area contributed by atoms with Crippen LogP contribution in [0.25, 0.3) is 6.08 Å². The van der Waals surface area contributed by atoms with Gasteiger partial charge in [-0.05, 0) is 41.6 Å². The Kier molecular flexibility index (Phi) is 4.76. The molecule has 1 unspecified atom stereocenters. The summed E-state index contributed by atoms with van der Waals surface area (Å²) in [5.74, 6) is 0.0317. The van der Waals surface area contributed by atoms with Crippen molar-refractivity contribution in [3.63, 3.8) is 0 Å². The zero-order chi connectivity index (χ0) is 17.2. The van der Waals surface area contributed by atoms with Crippen LogP contribution in [0.4, 0.5) is 13.2 Å². The van der Waals surface area contributed by atoms with Gasteiger partial charge in [0, 0.05) is 30.0 Å². The molecule has 0 radical (unpaired) electrons. The molecule has 1 aromatic carbocycles. The van der Waals surface area contributed by atoms with Gasteiger partial charge >= 0.3 is 6.18 Å². The quantitative estimate of drug-likeness (QED) is 0.728. The number of nitrogens with zero attached hydrogens (tertiary/aromatic N) is 1. The molecule has 1 fully saturated rings. The van der Waals surface area contributed by atoms with Crippen molar-refractivity contribution in [1.82, 2.24) is 4.90 Å². The highest BCUT2D eigenvalue weighted by Crippen LogP contribution is 2.32. The first-order valence-corrected chi connectivity index (χ1v) is 8.49. The monoisotopic (exact) mass is 351 g/mol. The fourth-order valence-electron chi connectivity index (χ4n) is 2.82. The molecule has 24 heavy (non-hydrogen) atoms. The average Bonchev–Trinajstić information content (AvgIpc) is 3.23. The van der Waals surface area contributed by atoms with Crippen LogP contribution in [0.1, 0.15) is 28.3 Å². The molecule has 1 saturated heterocycles. The Hall–Kier alpha value is -2.08. The number of halogens is 3. The number of rotatable bonds is 3. The van der Waals surface area contributed by atoms with Crippen LogP contribution in [-0.4, -0.2) is 23.9 Å². The molecular weight excluding hydrogens is 335 g/mol. The number of carbonyl (C=O) groups excluding carboxylic acids is 1. The van der Waals surface area contributed by atoms with Gasteiger partial charge in [-0.15, -0.1) is 11.3 Å². The number of benzene rings is 1. The molecule has 2 heterocycles. The molecule has 1 aromatic heterocycles. The summed E-state index contributed by atoms with van der Waals surface area (Å²) in [5.41, 5.74) is 0.205. The minimum atomic E-state index is -4.32. The van der Waals surface area contributed by atoms with Crippen LogP contribution in [0.5, 0.6) is 0 Å². The summed E-state index contributed by atoms with van der Waals surface area (Å²) in [6, 6.07) is 9.10. The van der Waals surface area contributed by atoms with E-state index in [1.807, 2.05) is 17.5 Å². The van der Waals surface area contributed by atoms with Crippen molar-refractivity contribution in [2.45, 2.75) is 18.5 Å². The van der Waals surface area contributed by atoms with Gasteiger partial charge in [-0.3, -0.25) is 4.79 Å². The van der Waals surface area contributed by atoms with Crippen molar-refractivity contribution in [2.24, 2.45) is 0 Å². The highest BCUT2D eigenvalue weighted by atomic mass is 32.1. The van der Waals surface area contributed by atoms with E-state index in [1.165, 1.54) is 12.1 Å². The Labute approximate surface area is 142 Å². The number of thiophene rings is 1. The maximum atomic E-state index is 12.6. The summed E-state index contributed by atoms with van der Waals surface area (Å²) < 4.78 is 37.8. The molecule has 0 saturated carbocycles. The van der Waals surface area contributed by atoms with Crippen LogP contribution >= 0.6 is 11.3 Å². The molecule has 0 spiro atoms. The topological polar surface area (TPSA) is 20.3 Å². The van der Waals surface area contributed by atoms with Crippen LogP contribution in [-0.2, 0) is 11.0 Å². The number of likely N-dealkylation sites (tertiary alicyclic amines) is 1. The average molecular weight is 351 g/mol. The van der Waals surface area contributed by atoms with Crippen molar-refractivity contribution in [2.75, 3.05) is 13.1 Å². The molecule has 0 aliphatic carbocycles. The number of carbonyl (C=O) groups is 1. The van der Waals surface area contributed by atoms with Gasteiger partial charge in [0.05, 0.1) is 5.56 Å². The first-order chi connectivity index (χ1) is 11.4. The second-order valence-electron chi connectivity index (χ2n) is 5.74. The fourth-order valence-corrected chi connectivity index (χ4v) is 3.44. The molecule has 3 rings (SSSR count). The molecule has 6 heteroatoms. The summed E-state index contributed by atoms with van der Waals surface area (Å²) in [4.78, 5) is 15.0. The lowest BCUT2D eigenvalue weighted by Gasteiger charge is -2.15. The third-order valence-corrected chi connectivity index (χ3v) is 4.98. The Bertz CT molecular complexity index is 720. The predicted molar refractivity (Wildman–Crippen MR) is 88.7 cm³/mol. The van der Waals surface area contributed by atoms with E-state index >= 15 is 0 Å². The molecule has 0 bridgehead atoms. The summed E-state index contributed by atoms with van der Waals surface area (Å²) in [6.45, 7) is 1.16. The van der Waals surface area contributed by atoms with Crippen LogP contribution in [0.15, 0.2) is 47.9 Å². The van der Waals surface area contributed by atoms with E-state index in [0.717, 1.165) is 29.0 Å². The molecular formula is C18H16F3NOS. The molecule has 1 atom stereocenters. The van der Waals surface area contributed by atoms with E-state index in [2.05, 4.69) is 0 Å². The van der Waals surface area contributed by atoms with Gasteiger partial charge < -0.3 is 4.90 Å². The highest BCUT2D eigenvalue weighted by Gasteiger charge is 2.31. The van der Waals surface area contributed by atoms with E-state index in [0.29, 0.717) is 13.1 Å². The van der Waals surface area contributed by atoms with Crippen molar-refractivity contribution >= 4 is 23.3 Å². The first kappa shape index (κ1) is 16.8. The third kappa shape index (κ3) is 3.87. The lowest BCUT2D eigenvalue weighted by molar-refractivity contribution is -0.137. The van der Waals surface area contributed by atoms with E-state index in [1.54, 1.807) is 28.4 Å². The maximum Gasteiger partial charge on any atom is 0.416 e. The Morgan fingerprint density at radius 3 is 2.58 bits per heavy atom. The lowest BCUT2D eigenvalue weighted by Crippen LogP contribution is -2.26. The second-order valence-corrected chi connectivity index (χ2v) is 6.72. The normalized spacial score (nSPS) is 18.5. The first-order valence-electron chi connectivity index (χ1n) is 7.61. The summed E-state index contributed by atoms with van der Waals surface area (Å²) >= 11 is 1.56. The van der Waals surface area contributed by atoms with Crippen molar-refractivity contribution < 1.29 is 18.0 Å². The Balaban J connectivity index is 1.61. The SMILES string of the molecule is O=C(/C=C/c1cccs1)N1CCC(c2ccc(C(F)(F)F)cc2)C1. The minimum absolute atomic E-state index is 0.0576. The number of amides is 1. The molecule has 126 valence electrons. The fraction of sp³-hybridized carbons (Fsp3) is 0.278. The molecule has 2 nitrogen and oxygen atoms in total. The second kappa shape index (κ2) is 6.81. The van der Waals surface area contributed by atoms with Gasteiger partial charge in [0.15, 0.2) is 0 Å². The molecule has 1 amide bonds. The highest BCUT2D eigenvalue weighted by molar-refractivity contribution is 7.10. The van der Waals surface area contributed by atoms with Gasteiger partial charge in [0.1, 0.15) is 0 Å². The molecule has 2 aromatic rings. The minimum Gasteiger partial charge on any atom is -0.339 e.